The Hall–Kier alpha value is -0.650. The lowest BCUT2D eigenvalue weighted by atomic mass is 9.84. The van der Waals surface area contributed by atoms with Crippen molar-refractivity contribution in [3.05, 3.63) is 0 Å². The van der Waals surface area contributed by atoms with Crippen molar-refractivity contribution in [2.24, 2.45) is 5.92 Å². The lowest BCUT2D eigenvalue weighted by molar-refractivity contribution is -0.134. The Morgan fingerprint density at radius 2 is 1.92 bits per heavy atom. The second kappa shape index (κ2) is 8.83. The summed E-state index contributed by atoms with van der Waals surface area (Å²) in [7, 11) is 2.12. The van der Waals surface area contributed by atoms with Crippen LogP contribution in [-0.4, -0.2) is 71.7 Å². The van der Waals surface area contributed by atoms with E-state index in [0.29, 0.717) is 5.92 Å². The van der Waals surface area contributed by atoms with E-state index in [1.54, 1.807) is 0 Å². The molecule has 0 saturated carbocycles. The average molecular weight is 354 g/mol. The minimum atomic E-state index is -0.535. The van der Waals surface area contributed by atoms with E-state index in [-0.39, 0.29) is 11.4 Å². The number of piperidine rings is 1. The van der Waals surface area contributed by atoms with Crippen LogP contribution in [0.3, 0.4) is 0 Å². The van der Waals surface area contributed by atoms with Gasteiger partial charge in [-0.15, -0.1) is 0 Å². The van der Waals surface area contributed by atoms with E-state index in [2.05, 4.69) is 29.1 Å². The molecule has 2 saturated heterocycles. The summed E-state index contributed by atoms with van der Waals surface area (Å²) >= 11 is 0. The molecule has 0 aliphatic carbocycles. The van der Waals surface area contributed by atoms with E-state index in [1.807, 2.05) is 13.8 Å². The largest absolute Gasteiger partial charge is 0.390 e. The van der Waals surface area contributed by atoms with Crippen LogP contribution in [0, 0.1) is 5.92 Å². The normalized spacial score (nSPS) is 24.1. The van der Waals surface area contributed by atoms with Gasteiger partial charge in [0.15, 0.2) is 0 Å². The van der Waals surface area contributed by atoms with Gasteiger partial charge in [0.1, 0.15) is 5.54 Å². The van der Waals surface area contributed by atoms with Gasteiger partial charge in [0.2, 0.25) is 5.91 Å². The summed E-state index contributed by atoms with van der Waals surface area (Å²) in [4.78, 5) is 17.4. The highest BCUT2D eigenvalue weighted by Gasteiger charge is 2.45. The Kier molecular flexibility index (Phi) is 7.29. The predicted octanol–water partition coefficient (Wildman–Crippen LogP) is 2.24. The van der Waals surface area contributed by atoms with Crippen LogP contribution in [0.25, 0.3) is 0 Å². The van der Waals surface area contributed by atoms with E-state index in [0.717, 1.165) is 64.8 Å². The minimum absolute atomic E-state index is 0.243. The molecular weight excluding hydrogens is 314 g/mol. The molecule has 0 aromatic rings. The van der Waals surface area contributed by atoms with Gasteiger partial charge in [-0.1, -0.05) is 19.8 Å². The molecule has 2 aliphatic heterocycles. The Bertz CT molecular complexity index is 425. The predicted molar refractivity (Wildman–Crippen MR) is 103 cm³/mol. The molecule has 0 radical (unpaired) electrons. The maximum Gasteiger partial charge on any atom is 0.240 e. The average Bonchev–Trinajstić information content (AvgIpc) is 2.67. The number of nitrogens with zero attached hydrogens (tertiary/aromatic N) is 2. The fraction of sp³-hybridized carbons (Fsp3) is 0.950. The van der Waals surface area contributed by atoms with Gasteiger partial charge in [0.25, 0.3) is 0 Å². The highest BCUT2D eigenvalue weighted by Crippen LogP contribution is 2.30. The zero-order valence-corrected chi connectivity index (χ0v) is 16.8. The van der Waals surface area contributed by atoms with E-state index in [4.69, 9.17) is 0 Å². The van der Waals surface area contributed by atoms with Crippen molar-refractivity contribution >= 4 is 5.91 Å². The molecule has 0 bridgehead atoms. The maximum absolute atomic E-state index is 12.6. The molecule has 0 aromatic heterocycles. The summed E-state index contributed by atoms with van der Waals surface area (Å²) < 4.78 is 0. The lowest BCUT2D eigenvalue weighted by Crippen LogP contribution is -2.60. The standard InChI is InChI=1S/C20H39N3O2/c1-17(7-5-9-19(2,3)25)8-14-23-15-10-20(11-16-23)18(24)21-12-6-13-22(20)4/h17,25H,5-16H2,1-4H3,(H,21,24). The fourth-order valence-electron chi connectivity index (χ4n) is 4.26. The lowest BCUT2D eigenvalue weighted by Gasteiger charge is -2.45. The van der Waals surface area contributed by atoms with Gasteiger partial charge in [-0.2, -0.15) is 0 Å². The molecule has 2 heterocycles. The van der Waals surface area contributed by atoms with Crippen molar-refractivity contribution in [3.63, 3.8) is 0 Å². The van der Waals surface area contributed by atoms with E-state index >= 15 is 0 Å². The van der Waals surface area contributed by atoms with Crippen LogP contribution in [0.2, 0.25) is 0 Å². The molecule has 25 heavy (non-hydrogen) atoms. The quantitative estimate of drug-likeness (QED) is 0.737. The zero-order valence-electron chi connectivity index (χ0n) is 16.8. The summed E-state index contributed by atoms with van der Waals surface area (Å²) in [6, 6.07) is 0. The third-order valence-electron chi connectivity index (χ3n) is 6.22. The van der Waals surface area contributed by atoms with Crippen molar-refractivity contribution in [2.45, 2.75) is 76.9 Å². The molecular formula is C20H39N3O2. The fourth-order valence-corrected chi connectivity index (χ4v) is 4.26. The van der Waals surface area contributed by atoms with E-state index < -0.39 is 5.60 Å². The number of carbonyl (C=O) groups is 1. The number of carbonyl (C=O) groups excluding carboxylic acids is 1. The Balaban J connectivity index is 1.72. The summed E-state index contributed by atoms with van der Waals surface area (Å²) in [5.74, 6) is 0.939. The highest BCUT2D eigenvalue weighted by molar-refractivity contribution is 5.86. The van der Waals surface area contributed by atoms with Crippen LogP contribution in [-0.2, 0) is 4.79 Å². The maximum atomic E-state index is 12.6. The number of likely N-dealkylation sites (N-methyl/N-ethyl adjacent to an activating group) is 1. The second-order valence-corrected chi connectivity index (χ2v) is 9.00. The van der Waals surface area contributed by atoms with Crippen LogP contribution < -0.4 is 5.32 Å². The van der Waals surface area contributed by atoms with E-state index in [9.17, 15) is 9.90 Å². The molecule has 0 aromatic carbocycles. The first-order valence-electron chi connectivity index (χ1n) is 10.2. The van der Waals surface area contributed by atoms with Crippen molar-refractivity contribution in [1.82, 2.24) is 15.1 Å². The molecule has 2 aliphatic rings. The van der Waals surface area contributed by atoms with Crippen molar-refractivity contribution in [1.29, 1.82) is 0 Å². The van der Waals surface area contributed by atoms with Crippen LogP contribution in [0.1, 0.15) is 65.7 Å². The SMILES string of the molecule is CC(CCCC(C)(C)O)CCN1CCC2(CC1)C(=O)NCCCN2C. The van der Waals surface area contributed by atoms with Crippen LogP contribution >= 0.6 is 0 Å². The van der Waals surface area contributed by atoms with Gasteiger partial charge < -0.3 is 15.3 Å². The van der Waals surface area contributed by atoms with Crippen LogP contribution in [0.15, 0.2) is 0 Å². The molecule has 1 spiro atoms. The molecule has 5 nitrogen and oxygen atoms in total. The number of aliphatic hydroxyl groups is 1. The Morgan fingerprint density at radius 3 is 2.56 bits per heavy atom. The number of nitrogens with one attached hydrogen (secondary N) is 1. The number of hydrogen-bond acceptors (Lipinski definition) is 4. The van der Waals surface area contributed by atoms with Gasteiger partial charge >= 0.3 is 0 Å². The number of likely N-dealkylation sites (tertiary alicyclic amines) is 1. The third kappa shape index (κ3) is 5.93. The summed E-state index contributed by atoms with van der Waals surface area (Å²) in [5.41, 5.74) is -0.808. The molecule has 5 heteroatoms. The molecule has 1 unspecified atom stereocenters. The topological polar surface area (TPSA) is 55.8 Å². The van der Waals surface area contributed by atoms with Crippen molar-refractivity contribution in [3.8, 4) is 0 Å². The van der Waals surface area contributed by atoms with Gasteiger partial charge in [0, 0.05) is 26.2 Å². The van der Waals surface area contributed by atoms with Crippen LogP contribution in [0.4, 0.5) is 0 Å². The molecule has 2 fully saturated rings. The number of hydrogen-bond donors (Lipinski definition) is 2. The first-order chi connectivity index (χ1) is 11.7. The molecule has 146 valence electrons. The molecule has 1 amide bonds. The zero-order chi connectivity index (χ0) is 18.5. The molecule has 2 N–H and O–H groups in total. The molecule has 1 atom stereocenters. The number of rotatable bonds is 7. The van der Waals surface area contributed by atoms with Gasteiger partial charge in [-0.25, -0.2) is 0 Å². The smallest absolute Gasteiger partial charge is 0.240 e. The highest BCUT2D eigenvalue weighted by atomic mass is 16.3. The van der Waals surface area contributed by atoms with Gasteiger partial charge in [-0.05, 0) is 65.5 Å². The van der Waals surface area contributed by atoms with Gasteiger partial charge in [0.05, 0.1) is 5.60 Å². The first kappa shape index (κ1) is 20.7. The molecule has 2 rings (SSSR count). The monoisotopic (exact) mass is 353 g/mol. The summed E-state index contributed by atoms with van der Waals surface area (Å²) in [6.07, 6.45) is 7.32. The minimum Gasteiger partial charge on any atom is -0.390 e. The van der Waals surface area contributed by atoms with Crippen molar-refractivity contribution in [2.75, 3.05) is 39.8 Å². The van der Waals surface area contributed by atoms with E-state index in [1.165, 1.54) is 12.8 Å². The summed E-state index contributed by atoms with van der Waals surface area (Å²) in [6.45, 7) is 11.1. The second-order valence-electron chi connectivity index (χ2n) is 9.00. The van der Waals surface area contributed by atoms with Crippen LogP contribution in [0.5, 0.6) is 0 Å². The number of amides is 1. The van der Waals surface area contributed by atoms with Crippen molar-refractivity contribution < 1.29 is 9.90 Å². The van der Waals surface area contributed by atoms with Gasteiger partial charge in [-0.3, -0.25) is 9.69 Å². The Labute approximate surface area is 154 Å². The first-order valence-corrected chi connectivity index (χ1v) is 10.2. The summed E-state index contributed by atoms with van der Waals surface area (Å²) in [5, 5.41) is 12.9. The third-order valence-corrected chi connectivity index (χ3v) is 6.22. The Morgan fingerprint density at radius 1 is 1.24 bits per heavy atom.